The van der Waals surface area contributed by atoms with Crippen LogP contribution in [0.15, 0.2) is 0 Å². The first-order chi connectivity index (χ1) is 7.15. The normalized spacial score (nSPS) is 34.0. The molecule has 1 aliphatic carbocycles. The van der Waals surface area contributed by atoms with Gasteiger partial charge in [0.25, 0.3) is 0 Å². The quantitative estimate of drug-likeness (QED) is 0.713. The highest BCUT2D eigenvalue weighted by molar-refractivity contribution is 4.79. The lowest BCUT2D eigenvalue weighted by Crippen LogP contribution is -2.32. The van der Waals surface area contributed by atoms with Gasteiger partial charge in [-0.2, -0.15) is 0 Å². The first-order valence-electron chi connectivity index (χ1n) is 6.41. The van der Waals surface area contributed by atoms with Crippen molar-refractivity contribution in [2.75, 3.05) is 13.2 Å². The largest absolute Gasteiger partial charge is 0.390 e. The van der Waals surface area contributed by atoms with Crippen LogP contribution in [-0.4, -0.2) is 24.4 Å². The maximum atomic E-state index is 9.98. The minimum absolute atomic E-state index is 0.244. The fraction of sp³-hybridized carbons (Fsp3) is 1.00. The third kappa shape index (κ3) is 4.12. The Bertz CT molecular complexity index is 170. The summed E-state index contributed by atoms with van der Waals surface area (Å²) in [6.07, 6.45) is 4.38. The van der Waals surface area contributed by atoms with Crippen molar-refractivity contribution in [1.29, 1.82) is 0 Å². The van der Waals surface area contributed by atoms with E-state index in [4.69, 9.17) is 4.74 Å². The molecule has 90 valence electrons. The van der Waals surface area contributed by atoms with Crippen molar-refractivity contribution < 1.29 is 9.84 Å². The predicted octanol–water partition coefficient (Wildman–Crippen LogP) is 2.85. The average Bonchev–Trinajstić information content (AvgIpc) is 2.22. The van der Waals surface area contributed by atoms with Gasteiger partial charge in [0.2, 0.25) is 0 Å². The lowest BCUT2D eigenvalue weighted by atomic mass is 9.74. The summed E-state index contributed by atoms with van der Waals surface area (Å²) in [5, 5.41) is 9.98. The van der Waals surface area contributed by atoms with Gasteiger partial charge >= 0.3 is 0 Å². The Labute approximate surface area is 94.0 Å². The summed E-state index contributed by atoms with van der Waals surface area (Å²) < 4.78 is 5.41. The SMILES string of the molecule is CCCOCC(O)C1CCC(C)C(C)C1. The molecule has 0 radical (unpaired) electrons. The maximum absolute atomic E-state index is 9.98. The molecule has 1 aliphatic rings. The van der Waals surface area contributed by atoms with Crippen LogP contribution in [0.4, 0.5) is 0 Å². The number of hydrogen-bond donors (Lipinski definition) is 1. The summed E-state index contributed by atoms with van der Waals surface area (Å²) in [6.45, 7) is 8.02. The molecule has 15 heavy (non-hydrogen) atoms. The molecule has 4 unspecified atom stereocenters. The highest BCUT2D eigenvalue weighted by Crippen LogP contribution is 2.34. The van der Waals surface area contributed by atoms with Crippen molar-refractivity contribution in [3.63, 3.8) is 0 Å². The van der Waals surface area contributed by atoms with Crippen LogP contribution in [0.2, 0.25) is 0 Å². The smallest absolute Gasteiger partial charge is 0.0801 e. The van der Waals surface area contributed by atoms with Gasteiger partial charge in [-0.1, -0.05) is 27.2 Å². The number of rotatable bonds is 5. The van der Waals surface area contributed by atoms with Crippen LogP contribution in [0.1, 0.15) is 46.5 Å². The lowest BCUT2D eigenvalue weighted by Gasteiger charge is -2.34. The summed E-state index contributed by atoms with van der Waals surface area (Å²) in [7, 11) is 0. The van der Waals surface area contributed by atoms with Gasteiger partial charge in [0.05, 0.1) is 12.7 Å². The van der Waals surface area contributed by atoms with E-state index in [1.807, 2.05) is 0 Å². The monoisotopic (exact) mass is 214 g/mol. The summed E-state index contributed by atoms with van der Waals surface area (Å²) in [6, 6.07) is 0. The highest BCUT2D eigenvalue weighted by Gasteiger charge is 2.29. The number of ether oxygens (including phenoxy) is 1. The van der Waals surface area contributed by atoms with Gasteiger partial charge < -0.3 is 9.84 Å². The van der Waals surface area contributed by atoms with Gasteiger partial charge in [0.1, 0.15) is 0 Å². The van der Waals surface area contributed by atoms with Crippen molar-refractivity contribution >= 4 is 0 Å². The van der Waals surface area contributed by atoms with E-state index < -0.39 is 0 Å². The molecule has 0 heterocycles. The van der Waals surface area contributed by atoms with Crippen LogP contribution in [0, 0.1) is 17.8 Å². The fourth-order valence-corrected chi connectivity index (χ4v) is 2.42. The zero-order valence-corrected chi connectivity index (χ0v) is 10.4. The van der Waals surface area contributed by atoms with Gasteiger partial charge in [-0.15, -0.1) is 0 Å². The van der Waals surface area contributed by atoms with Crippen LogP contribution < -0.4 is 0 Å². The van der Waals surface area contributed by atoms with E-state index in [1.165, 1.54) is 12.8 Å². The fourth-order valence-electron chi connectivity index (χ4n) is 2.42. The van der Waals surface area contributed by atoms with Gasteiger partial charge in [-0.3, -0.25) is 0 Å². The van der Waals surface area contributed by atoms with E-state index >= 15 is 0 Å². The highest BCUT2D eigenvalue weighted by atomic mass is 16.5. The minimum atomic E-state index is -0.244. The van der Waals surface area contributed by atoms with Crippen LogP contribution in [0.25, 0.3) is 0 Å². The molecule has 0 bridgehead atoms. The molecule has 1 N–H and O–H groups in total. The molecule has 1 saturated carbocycles. The summed E-state index contributed by atoms with van der Waals surface area (Å²) >= 11 is 0. The molecule has 1 rings (SSSR count). The van der Waals surface area contributed by atoms with E-state index in [2.05, 4.69) is 20.8 Å². The molecule has 0 aromatic carbocycles. The second kappa shape index (κ2) is 6.49. The molecule has 2 nitrogen and oxygen atoms in total. The Hall–Kier alpha value is -0.0800. The first-order valence-corrected chi connectivity index (χ1v) is 6.41. The third-order valence-corrected chi connectivity index (χ3v) is 3.82. The Kier molecular flexibility index (Phi) is 5.62. The lowest BCUT2D eigenvalue weighted by molar-refractivity contribution is -0.0156. The molecular formula is C13H26O2. The molecule has 0 aliphatic heterocycles. The van der Waals surface area contributed by atoms with Crippen LogP contribution in [-0.2, 0) is 4.74 Å². The van der Waals surface area contributed by atoms with Crippen molar-refractivity contribution in [1.82, 2.24) is 0 Å². The van der Waals surface area contributed by atoms with E-state index in [0.717, 1.165) is 31.3 Å². The Morgan fingerprint density at radius 1 is 1.27 bits per heavy atom. The van der Waals surface area contributed by atoms with Crippen LogP contribution in [0.3, 0.4) is 0 Å². The summed E-state index contributed by atoms with van der Waals surface area (Å²) in [5.41, 5.74) is 0. The second-order valence-electron chi connectivity index (χ2n) is 5.17. The van der Waals surface area contributed by atoms with Crippen molar-refractivity contribution in [2.24, 2.45) is 17.8 Å². The van der Waals surface area contributed by atoms with Crippen molar-refractivity contribution in [2.45, 2.75) is 52.6 Å². The van der Waals surface area contributed by atoms with Crippen molar-refractivity contribution in [3.05, 3.63) is 0 Å². The second-order valence-corrected chi connectivity index (χ2v) is 5.17. The Morgan fingerprint density at radius 3 is 2.60 bits per heavy atom. The minimum Gasteiger partial charge on any atom is -0.390 e. The standard InChI is InChI=1S/C13H26O2/c1-4-7-15-9-13(14)12-6-5-10(2)11(3)8-12/h10-14H,4-9H2,1-3H3. The molecule has 0 aromatic rings. The molecular weight excluding hydrogens is 188 g/mol. The van der Waals surface area contributed by atoms with Crippen LogP contribution >= 0.6 is 0 Å². The van der Waals surface area contributed by atoms with Crippen molar-refractivity contribution in [3.8, 4) is 0 Å². The first kappa shape index (κ1) is 13.0. The van der Waals surface area contributed by atoms with Crippen LogP contribution in [0.5, 0.6) is 0 Å². The zero-order chi connectivity index (χ0) is 11.3. The third-order valence-electron chi connectivity index (χ3n) is 3.82. The molecule has 0 saturated heterocycles. The summed E-state index contributed by atoms with van der Waals surface area (Å²) in [4.78, 5) is 0. The molecule has 1 fully saturated rings. The van der Waals surface area contributed by atoms with E-state index in [-0.39, 0.29) is 6.10 Å². The van der Waals surface area contributed by atoms with E-state index in [9.17, 15) is 5.11 Å². The molecule has 2 heteroatoms. The molecule has 4 atom stereocenters. The van der Waals surface area contributed by atoms with E-state index in [0.29, 0.717) is 12.5 Å². The number of hydrogen-bond acceptors (Lipinski definition) is 2. The molecule has 0 spiro atoms. The Morgan fingerprint density at radius 2 is 2.00 bits per heavy atom. The zero-order valence-electron chi connectivity index (χ0n) is 10.4. The van der Waals surface area contributed by atoms with Gasteiger partial charge in [-0.25, -0.2) is 0 Å². The Balaban J connectivity index is 2.24. The number of aliphatic hydroxyl groups excluding tert-OH is 1. The van der Waals surface area contributed by atoms with Gasteiger partial charge in [0.15, 0.2) is 0 Å². The summed E-state index contributed by atoms with van der Waals surface area (Å²) in [5.74, 6) is 2.04. The molecule has 0 aromatic heterocycles. The molecule has 0 amide bonds. The predicted molar refractivity (Wildman–Crippen MR) is 62.8 cm³/mol. The average molecular weight is 214 g/mol. The van der Waals surface area contributed by atoms with Gasteiger partial charge in [-0.05, 0) is 37.0 Å². The maximum Gasteiger partial charge on any atom is 0.0801 e. The van der Waals surface area contributed by atoms with E-state index in [1.54, 1.807) is 0 Å². The number of aliphatic hydroxyl groups is 1. The topological polar surface area (TPSA) is 29.5 Å². The van der Waals surface area contributed by atoms with Gasteiger partial charge in [0, 0.05) is 6.61 Å².